The average Bonchev–Trinajstić information content (AvgIpc) is 3.22. The molecule has 1 rings (SSSR count). The van der Waals surface area contributed by atoms with E-state index in [-0.39, 0.29) is 6.42 Å². The van der Waals surface area contributed by atoms with Gasteiger partial charge in [0.05, 0.1) is 31.3 Å². The van der Waals surface area contributed by atoms with Gasteiger partial charge in [0.1, 0.15) is 36.6 Å². The van der Waals surface area contributed by atoms with Crippen LogP contribution in [0.1, 0.15) is 162 Å². The van der Waals surface area contributed by atoms with Crippen molar-refractivity contribution in [3.05, 3.63) is 60.8 Å². The molecule has 0 bridgehead atoms. The number of amides is 1. The van der Waals surface area contributed by atoms with Crippen LogP contribution < -0.4 is 5.32 Å². The predicted molar refractivity (Wildman–Crippen MR) is 238 cm³/mol. The van der Waals surface area contributed by atoms with Gasteiger partial charge in [0.25, 0.3) is 0 Å². The van der Waals surface area contributed by atoms with E-state index in [0.29, 0.717) is 19.3 Å². The fraction of sp³-hybridized carbons (Fsp3) is 0.761. The van der Waals surface area contributed by atoms with Crippen molar-refractivity contribution in [2.24, 2.45) is 0 Å². The van der Waals surface area contributed by atoms with Crippen LogP contribution in [-0.4, -0.2) is 108 Å². The summed E-state index contributed by atoms with van der Waals surface area (Å²) >= 11 is 0. The van der Waals surface area contributed by atoms with Gasteiger partial charge in [-0.1, -0.05) is 152 Å². The third-order valence-electron chi connectivity index (χ3n) is 10.5. The molecular weight excluding hydrogens is 789 g/mol. The highest BCUT2D eigenvalue weighted by Crippen LogP contribution is 2.47. The number of phosphoric acid groups is 1. The molecule has 60 heavy (non-hydrogen) atoms. The molecule has 0 aliphatic heterocycles. The van der Waals surface area contributed by atoms with E-state index in [1.54, 1.807) is 6.08 Å². The molecule has 0 spiro atoms. The Morgan fingerprint density at radius 1 is 0.617 bits per heavy atom. The van der Waals surface area contributed by atoms with Gasteiger partial charge in [0, 0.05) is 0 Å². The van der Waals surface area contributed by atoms with Gasteiger partial charge in [-0.2, -0.15) is 0 Å². The Hall–Kier alpha value is -2.00. The second-order valence-corrected chi connectivity index (χ2v) is 17.4. The minimum atomic E-state index is -5.15. The van der Waals surface area contributed by atoms with Crippen molar-refractivity contribution in [3.63, 3.8) is 0 Å². The highest BCUT2D eigenvalue weighted by Gasteiger charge is 2.51. The first-order valence-electron chi connectivity index (χ1n) is 22.8. The zero-order valence-electron chi connectivity index (χ0n) is 36.6. The Kier molecular flexibility index (Phi) is 33.1. The van der Waals surface area contributed by atoms with Crippen LogP contribution in [0.25, 0.3) is 0 Å². The number of rotatable bonds is 36. The first-order chi connectivity index (χ1) is 28.8. The number of hydrogen-bond donors (Lipinski definition) is 9. The lowest BCUT2D eigenvalue weighted by molar-refractivity contribution is -0.220. The van der Waals surface area contributed by atoms with Gasteiger partial charge in [-0.15, -0.1) is 0 Å². The largest absolute Gasteiger partial charge is 0.472 e. The molecule has 0 radical (unpaired) electrons. The minimum Gasteiger partial charge on any atom is -0.393 e. The normalized spacial score (nSPS) is 24.0. The maximum absolute atomic E-state index is 13.0. The third-order valence-corrected chi connectivity index (χ3v) is 11.5. The number of allylic oxidation sites excluding steroid dienone is 9. The predicted octanol–water partition coefficient (Wildman–Crippen LogP) is 7.31. The Morgan fingerprint density at radius 2 is 1.08 bits per heavy atom. The highest BCUT2D eigenvalue weighted by molar-refractivity contribution is 7.47. The molecule has 1 saturated carbocycles. The van der Waals surface area contributed by atoms with Crippen LogP contribution in [0.4, 0.5) is 0 Å². The van der Waals surface area contributed by atoms with Gasteiger partial charge in [-0.3, -0.25) is 13.8 Å². The molecule has 348 valence electrons. The number of aliphatic hydroxyl groups is 7. The van der Waals surface area contributed by atoms with Crippen LogP contribution in [0, 0.1) is 0 Å². The first kappa shape index (κ1) is 56.0. The van der Waals surface area contributed by atoms with Gasteiger partial charge in [-0.25, -0.2) is 4.57 Å². The van der Waals surface area contributed by atoms with Crippen LogP contribution in [0.2, 0.25) is 0 Å². The molecule has 0 aromatic rings. The van der Waals surface area contributed by atoms with Crippen molar-refractivity contribution >= 4 is 13.7 Å². The fourth-order valence-electron chi connectivity index (χ4n) is 6.85. The van der Waals surface area contributed by atoms with Crippen LogP contribution in [0.5, 0.6) is 0 Å². The topological polar surface area (TPSA) is 226 Å². The second-order valence-electron chi connectivity index (χ2n) is 16.0. The quantitative estimate of drug-likeness (QED) is 0.0172. The zero-order valence-corrected chi connectivity index (χ0v) is 37.5. The lowest BCUT2D eigenvalue weighted by Gasteiger charge is -2.41. The van der Waals surface area contributed by atoms with Crippen molar-refractivity contribution in [1.82, 2.24) is 5.32 Å². The van der Waals surface area contributed by atoms with Gasteiger partial charge < -0.3 is 46.0 Å². The molecular formula is C46H82NO12P. The summed E-state index contributed by atoms with van der Waals surface area (Å²) in [5.41, 5.74) is 0. The van der Waals surface area contributed by atoms with E-state index in [2.05, 4.69) is 61.7 Å². The highest BCUT2D eigenvalue weighted by atomic mass is 31.2. The summed E-state index contributed by atoms with van der Waals surface area (Å²) in [6.45, 7) is 3.53. The SMILES string of the molecule is CC/C=C\C/C=C\CCCCCCCCCCCCCCC(O)CC(=O)NC(COP(=O)(O)OC1C(O)C(O)C(O)C(O)C1O)C(O)/C=C/CC/C=C/CC/C=C/CCC. The van der Waals surface area contributed by atoms with Crippen molar-refractivity contribution in [2.75, 3.05) is 6.61 Å². The fourth-order valence-corrected chi connectivity index (χ4v) is 7.81. The molecule has 0 aromatic heterocycles. The molecule has 1 amide bonds. The zero-order chi connectivity index (χ0) is 44.4. The van der Waals surface area contributed by atoms with Crippen molar-refractivity contribution < 1.29 is 59.0 Å². The van der Waals surface area contributed by atoms with E-state index in [9.17, 15) is 50.0 Å². The van der Waals surface area contributed by atoms with Crippen molar-refractivity contribution in [3.8, 4) is 0 Å². The Balaban J connectivity index is 2.51. The summed E-state index contributed by atoms with van der Waals surface area (Å²) in [5.74, 6) is -0.612. The molecule has 0 saturated heterocycles. The molecule has 8 unspecified atom stereocenters. The summed E-state index contributed by atoms with van der Waals surface area (Å²) in [5, 5.41) is 74.3. The molecule has 0 aromatic carbocycles. The summed E-state index contributed by atoms with van der Waals surface area (Å²) in [6, 6.07) is -1.26. The molecule has 14 heteroatoms. The maximum atomic E-state index is 13.0. The van der Waals surface area contributed by atoms with Gasteiger partial charge >= 0.3 is 7.82 Å². The smallest absolute Gasteiger partial charge is 0.393 e. The number of unbranched alkanes of at least 4 members (excludes halogenated alkanes) is 15. The lowest BCUT2D eigenvalue weighted by atomic mass is 9.85. The van der Waals surface area contributed by atoms with Crippen LogP contribution in [0.3, 0.4) is 0 Å². The molecule has 8 atom stereocenters. The van der Waals surface area contributed by atoms with Crippen LogP contribution in [-0.2, 0) is 18.4 Å². The van der Waals surface area contributed by atoms with Crippen LogP contribution >= 0.6 is 7.82 Å². The van der Waals surface area contributed by atoms with E-state index in [4.69, 9.17) is 9.05 Å². The van der Waals surface area contributed by atoms with Crippen molar-refractivity contribution in [1.29, 1.82) is 0 Å². The van der Waals surface area contributed by atoms with E-state index in [0.717, 1.165) is 64.2 Å². The van der Waals surface area contributed by atoms with E-state index in [1.165, 1.54) is 63.9 Å². The van der Waals surface area contributed by atoms with E-state index >= 15 is 0 Å². The second kappa shape index (κ2) is 35.5. The number of aliphatic hydroxyl groups excluding tert-OH is 7. The molecule has 1 aliphatic rings. The number of hydrogen-bond acceptors (Lipinski definition) is 11. The van der Waals surface area contributed by atoms with Crippen LogP contribution in [0.15, 0.2) is 60.8 Å². The molecule has 1 fully saturated rings. The summed E-state index contributed by atoms with van der Waals surface area (Å²) in [6.07, 6.45) is 29.0. The molecule has 0 heterocycles. The van der Waals surface area contributed by atoms with Gasteiger partial charge in [-0.05, 0) is 64.2 Å². The summed E-state index contributed by atoms with van der Waals surface area (Å²) < 4.78 is 22.8. The monoisotopic (exact) mass is 872 g/mol. The Morgan fingerprint density at radius 3 is 1.63 bits per heavy atom. The molecule has 9 N–H and O–H groups in total. The molecule has 1 aliphatic carbocycles. The van der Waals surface area contributed by atoms with Crippen molar-refractivity contribution in [2.45, 2.75) is 216 Å². The maximum Gasteiger partial charge on any atom is 0.472 e. The summed E-state index contributed by atoms with van der Waals surface area (Å²) in [7, 11) is -5.15. The Bertz CT molecular complexity index is 1260. The number of nitrogens with one attached hydrogen (secondary N) is 1. The van der Waals surface area contributed by atoms with Gasteiger partial charge in [0.2, 0.25) is 5.91 Å². The van der Waals surface area contributed by atoms with Gasteiger partial charge in [0.15, 0.2) is 0 Å². The molecule has 13 nitrogen and oxygen atoms in total. The van der Waals surface area contributed by atoms with E-state index in [1.807, 2.05) is 6.08 Å². The number of carbonyl (C=O) groups is 1. The standard InChI is InChI=1S/C46H82NO12P/c1-3-5-7-9-11-13-15-16-17-18-19-20-21-22-24-25-27-29-31-33-37(48)35-40(50)47-38(39(49)34-32-30-28-26-23-14-12-10-8-6-4-2)36-58-60(56,57)59-46-44(54)42(52)41(51)43(53)45(46)55/h5,7-8,10-11,13,23,26,32,34,37-39,41-46,48-49,51-55H,3-4,6,9,12,14-22,24-25,27-31,33,35-36H2,1-2H3,(H,47,50)(H,56,57)/b7-5-,10-8+,13-11-,26-23+,34-32+. The first-order valence-corrected chi connectivity index (χ1v) is 24.3. The minimum absolute atomic E-state index is 0.259. The summed E-state index contributed by atoms with van der Waals surface area (Å²) in [4.78, 5) is 23.4. The number of carbonyl (C=O) groups excluding carboxylic acids is 1. The average molecular weight is 872 g/mol. The van der Waals surface area contributed by atoms with E-state index < -0.39 is 75.2 Å². The third kappa shape index (κ3) is 27.1. The number of phosphoric ester groups is 1. The Labute approximate surface area is 361 Å². The lowest BCUT2D eigenvalue weighted by Crippen LogP contribution is -2.64.